The van der Waals surface area contributed by atoms with Crippen LogP contribution in [-0.4, -0.2) is 36.8 Å². The smallest absolute Gasteiger partial charge is 0.326 e. The van der Waals surface area contributed by atoms with Gasteiger partial charge in [0.15, 0.2) is 0 Å². The summed E-state index contributed by atoms with van der Waals surface area (Å²) in [6, 6.07) is 7.02. The Labute approximate surface area is 155 Å². The number of fused-ring (bicyclic) bond motifs is 1. The van der Waals surface area contributed by atoms with Crippen LogP contribution in [0.4, 0.5) is 0 Å². The summed E-state index contributed by atoms with van der Waals surface area (Å²) in [7, 11) is 1.95. The van der Waals surface area contributed by atoms with E-state index in [0.717, 1.165) is 28.2 Å². The summed E-state index contributed by atoms with van der Waals surface area (Å²) in [5.74, 6) is -1.35. The van der Waals surface area contributed by atoms with E-state index in [9.17, 15) is 14.7 Å². The maximum atomic E-state index is 12.8. The van der Waals surface area contributed by atoms with Gasteiger partial charge in [-0.15, -0.1) is 0 Å². The SMILES string of the molecule is CCC[C@H](C(=O)O)N1C(=O)C(=Cc2cn(C)c3ccccc23)SC1=S. The number of amides is 1. The molecular formula is C18H18N2O3S2. The van der Waals surface area contributed by atoms with Crippen LogP contribution >= 0.6 is 24.0 Å². The Kier molecular flexibility index (Phi) is 4.96. The summed E-state index contributed by atoms with van der Waals surface area (Å²) in [6.07, 6.45) is 4.80. The number of benzene rings is 1. The summed E-state index contributed by atoms with van der Waals surface area (Å²) in [5, 5.41) is 10.5. The molecule has 1 fully saturated rings. The van der Waals surface area contributed by atoms with E-state index < -0.39 is 12.0 Å². The lowest BCUT2D eigenvalue weighted by Crippen LogP contribution is -2.43. The highest BCUT2D eigenvalue weighted by atomic mass is 32.2. The predicted molar refractivity (Wildman–Crippen MR) is 104 cm³/mol. The van der Waals surface area contributed by atoms with Crippen LogP contribution in [-0.2, 0) is 16.6 Å². The molecule has 0 saturated carbocycles. The van der Waals surface area contributed by atoms with Crippen molar-refractivity contribution >= 4 is 57.2 Å². The molecule has 130 valence electrons. The average Bonchev–Trinajstić information content (AvgIpc) is 3.03. The third-order valence-electron chi connectivity index (χ3n) is 4.20. The summed E-state index contributed by atoms with van der Waals surface area (Å²) < 4.78 is 2.30. The molecule has 7 heteroatoms. The number of thioether (sulfide) groups is 1. The van der Waals surface area contributed by atoms with Crippen LogP contribution in [0.5, 0.6) is 0 Å². The molecule has 1 aromatic carbocycles. The molecule has 0 unspecified atom stereocenters. The first-order valence-corrected chi connectivity index (χ1v) is 9.20. The highest BCUT2D eigenvalue weighted by Crippen LogP contribution is 2.36. The fourth-order valence-electron chi connectivity index (χ4n) is 3.01. The minimum atomic E-state index is -1.02. The van der Waals surface area contributed by atoms with Crippen molar-refractivity contribution in [1.29, 1.82) is 0 Å². The van der Waals surface area contributed by atoms with Gasteiger partial charge in [-0.25, -0.2) is 4.79 Å². The highest BCUT2D eigenvalue weighted by Gasteiger charge is 2.40. The van der Waals surface area contributed by atoms with Crippen molar-refractivity contribution in [2.24, 2.45) is 7.05 Å². The number of hydrogen-bond acceptors (Lipinski definition) is 4. The van der Waals surface area contributed by atoms with Crippen LogP contribution in [0.2, 0.25) is 0 Å². The minimum Gasteiger partial charge on any atom is -0.480 e. The van der Waals surface area contributed by atoms with Crippen LogP contribution in [0, 0.1) is 0 Å². The van der Waals surface area contributed by atoms with Gasteiger partial charge < -0.3 is 9.67 Å². The number of aromatic nitrogens is 1. The number of hydrogen-bond donors (Lipinski definition) is 1. The average molecular weight is 374 g/mol. The Hall–Kier alpha value is -2.12. The first-order chi connectivity index (χ1) is 11.9. The second-order valence-electron chi connectivity index (χ2n) is 5.91. The van der Waals surface area contributed by atoms with Gasteiger partial charge in [0, 0.05) is 29.7 Å². The van der Waals surface area contributed by atoms with Crippen LogP contribution < -0.4 is 0 Å². The zero-order valence-corrected chi connectivity index (χ0v) is 15.6. The number of carboxylic acid groups (broad SMARTS) is 1. The summed E-state index contributed by atoms with van der Waals surface area (Å²) >= 11 is 6.44. The molecule has 1 aliphatic heterocycles. The molecule has 5 nitrogen and oxygen atoms in total. The van der Waals surface area contributed by atoms with Gasteiger partial charge in [0.1, 0.15) is 10.4 Å². The van der Waals surface area contributed by atoms with Gasteiger partial charge >= 0.3 is 5.97 Å². The molecular weight excluding hydrogens is 356 g/mol. The molecule has 3 rings (SSSR count). The second-order valence-corrected chi connectivity index (χ2v) is 7.58. The number of para-hydroxylation sites is 1. The molecule has 1 saturated heterocycles. The quantitative estimate of drug-likeness (QED) is 0.640. The van der Waals surface area contributed by atoms with Crippen molar-refractivity contribution < 1.29 is 14.7 Å². The van der Waals surface area contributed by atoms with Crippen LogP contribution in [0.3, 0.4) is 0 Å². The van der Waals surface area contributed by atoms with Crippen molar-refractivity contribution in [2.75, 3.05) is 0 Å². The number of thiocarbonyl (C=S) groups is 1. The largest absolute Gasteiger partial charge is 0.480 e. The first-order valence-electron chi connectivity index (χ1n) is 7.98. The number of carbonyl (C=O) groups excluding carboxylic acids is 1. The van der Waals surface area contributed by atoms with E-state index in [1.165, 1.54) is 4.90 Å². The number of nitrogens with zero attached hydrogens (tertiary/aromatic N) is 2. The second kappa shape index (κ2) is 7.01. The molecule has 2 heterocycles. The predicted octanol–water partition coefficient (Wildman–Crippen LogP) is 3.63. The first kappa shape index (κ1) is 17.7. The van der Waals surface area contributed by atoms with E-state index in [0.29, 0.717) is 22.1 Å². The lowest BCUT2D eigenvalue weighted by Gasteiger charge is -2.22. The Balaban J connectivity index is 1.98. The maximum absolute atomic E-state index is 12.8. The molecule has 2 aromatic rings. The fraction of sp³-hybridized carbons (Fsp3) is 0.278. The Morgan fingerprint density at radius 3 is 2.80 bits per heavy atom. The van der Waals surface area contributed by atoms with E-state index >= 15 is 0 Å². The van der Waals surface area contributed by atoms with Gasteiger partial charge in [0.25, 0.3) is 5.91 Å². The molecule has 1 atom stereocenters. The van der Waals surface area contributed by atoms with Crippen LogP contribution in [0.15, 0.2) is 35.4 Å². The van der Waals surface area contributed by atoms with Gasteiger partial charge in [0.2, 0.25) is 0 Å². The molecule has 25 heavy (non-hydrogen) atoms. The van der Waals surface area contributed by atoms with E-state index in [-0.39, 0.29) is 5.91 Å². The summed E-state index contributed by atoms with van der Waals surface area (Å²) in [6.45, 7) is 1.89. The summed E-state index contributed by atoms with van der Waals surface area (Å²) in [5.41, 5.74) is 1.99. The van der Waals surface area contributed by atoms with Crippen molar-refractivity contribution in [3.8, 4) is 0 Å². The van der Waals surface area contributed by atoms with Crippen LogP contribution in [0.1, 0.15) is 25.3 Å². The Bertz CT molecular complexity index is 901. The molecule has 0 spiro atoms. The number of carboxylic acids is 1. The third kappa shape index (κ3) is 3.21. The standard InChI is InChI=1S/C18H18N2O3S2/c1-3-6-14(17(22)23)20-16(21)15(25-18(20)24)9-11-10-19(2)13-8-5-4-7-12(11)13/h4-5,7-10,14H,3,6H2,1-2H3,(H,22,23)/t14-/m1/s1. The molecule has 0 bridgehead atoms. The van der Waals surface area contributed by atoms with Crippen molar-refractivity contribution in [3.63, 3.8) is 0 Å². The zero-order valence-electron chi connectivity index (χ0n) is 13.9. The number of rotatable bonds is 5. The molecule has 1 amide bonds. The molecule has 1 aliphatic rings. The molecule has 1 N–H and O–H groups in total. The Morgan fingerprint density at radius 1 is 1.40 bits per heavy atom. The van der Waals surface area contributed by atoms with Gasteiger partial charge in [0.05, 0.1) is 4.91 Å². The Morgan fingerprint density at radius 2 is 2.12 bits per heavy atom. The van der Waals surface area contributed by atoms with E-state index in [2.05, 4.69) is 0 Å². The number of aryl methyl sites for hydroxylation is 1. The van der Waals surface area contributed by atoms with E-state index in [4.69, 9.17) is 12.2 Å². The van der Waals surface area contributed by atoms with E-state index in [1.54, 1.807) is 6.08 Å². The third-order valence-corrected chi connectivity index (χ3v) is 5.53. The zero-order chi connectivity index (χ0) is 18.1. The lowest BCUT2D eigenvalue weighted by molar-refractivity contribution is -0.145. The normalized spacial score (nSPS) is 17.7. The van der Waals surface area contributed by atoms with E-state index in [1.807, 2.05) is 49.0 Å². The lowest BCUT2D eigenvalue weighted by atomic mass is 10.1. The highest BCUT2D eigenvalue weighted by molar-refractivity contribution is 8.26. The van der Waals surface area contributed by atoms with Gasteiger partial charge in [-0.2, -0.15) is 0 Å². The van der Waals surface area contributed by atoms with Crippen molar-refractivity contribution in [2.45, 2.75) is 25.8 Å². The molecule has 0 aliphatic carbocycles. The molecule has 1 aromatic heterocycles. The van der Waals surface area contributed by atoms with Crippen LogP contribution in [0.25, 0.3) is 17.0 Å². The van der Waals surface area contributed by atoms with Gasteiger partial charge in [-0.1, -0.05) is 55.5 Å². The number of aliphatic carboxylic acids is 1. The fourth-order valence-corrected chi connectivity index (χ4v) is 4.36. The minimum absolute atomic E-state index is 0.303. The van der Waals surface area contributed by atoms with Crippen molar-refractivity contribution in [1.82, 2.24) is 9.47 Å². The van der Waals surface area contributed by atoms with Crippen molar-refractivity contribution in [3.05, 3.63) is 40.9 Å². The monoisotopic (exact) mass is 374 g/mol. The topological polar surface area (TPSA) is 62.5 Å². The molecule has 0 radical (unpaired) electrons. The summed E-state index contributed by atoms with van der Waals surface area (Å²) in [4.78, 5) is 26.0. The maximum Gasteiger partial charge on any atom is 0.326 e. The number of carbonyl (C=O) groups is 2. The van der Waals surface area contributed by atoms with Gasteiger partial charge in [-0.3, -0.25) is 9.69 Å². The van der Waals surface area contributed by atoms with Gasteiger partial charge in [-0.05, 0) is 18.6 Å².